The number of carbonyl (C=O) groups is 7. The van der Waals surface area contributed by atoms with Crippen LogP contribution < -0.4 is 27.0 Å². The number of unbranched alkanes of at least 4 members (excludes halogenated alkanes) is 2. The first-order valence-electron chi connectivity index (χ1n) is 17.0. The highest BCUT2D eigenvalue weighted by atomic mass is 16.3. The van der Waals surface area contributed by atoms with Gasteiger partial charge in [-0.1, -0.05) is 32.4 Å². The maximum Gasteiger partial charge on any atom is 0.312 e. The van der Waals surface area contributed by atoms with E-state index in [1.807, 2.05) is 7.05 Å². The summed E-state index contributed by atoms with van der Waals surface area (Å²) in [4.78, 5) is 91.7. The molecule has 50 heavy (non-hydrogen) atoms. The second-order valence-electron chi connectivity index (χ2n) is 12.9. The van der Waals surface area contributed by atoms with Crippen molar-refractivity contribution in [1.29, 1.82) is 0 Å². The van der Waals surface area contributed by atoms with E-state index in [2.05, 4.69) is 26.2 Å². The Labute approximate surface area is 292 Å². The van der Waals surface area contributed by atoms with E-state index < -0.39 is 36.0 Å². The summed E-state index contributed by atoms with van der Waals surface area (Å²) in [5, 5.41) is 21.4. The number of imide groups is 1. The fourth-order valence-electron chi connectivity index (χ4n) is 5.53. The molecule has 0 aromatic heterocycles. The van der Waals surface area contributed by atoms with Crippen molar-refractivity contribution >= 4 is 47.2 Å². The van der Waals surface area contributed by atoms with E-state index in [0.29, 0.717) is 50.0 Å². The van der Waals surface area contributed by atoms with Crippen molar-refractivity contribution in [2.24, 2.45) is 11.7 Å². The minimum atomic E-state index is -1.35. The topological polar surface area (TPSA) is 224 Å². The standard InChI is InChI=1S/C34H50N8O8/c1-22(2)29(39-26(43)9-5-4-6-17-42-27(44)14-15-28(42)45)32(48)38-25(8-7-16-36-34(35)50)31(47)37-24-12-10-23(11-13-24)30(46)33(49)41-20-18-40(3)19-21-41/h10-15,22,25,29-30,46H,4-9,16-21H2,1-3H3,(H,37,47)(H,38,48)(H,39,43)(H3,35,36,50)/t25-,29-,30?/m0/s1. The Balaban J connectivity index is 1.56. The fourth-order valence-corrected chi connectivity index (χ4v) is 5.53. The van der Waals surface area contributed by atoms with Gasteiger partial charge in [0.2, 0.25) is 17.7 Å². The lowest BCUT2D eigenvalue weighted by Crippen LogP contribution is -2.54. The molecule has 2 heterocycles. The van der Waals surface area contributed by atoms with Gasteiger partial charge in [-0.25, -0.2) is 4.79 Å². The van der Waals surface area contributed by atoms with Crippen LogP contribution in [-0.4, -0.2) is 120 Å². The van der Waals surface area contributed by atoms with E-state index in [1.165, 1.54) is 12.2 Å². The Hall–Kier alpha value is -4.83. The van der Waals surface area contributed by atoms with Gasteiger partial charge in [0.15, 0.2) is 6.10 Å². The first-order chi connectivity index (χ1) is 23.8. The van der Waals surface area contributed by atoms with Crippen LogP contribution in [0.25, 0.3) is 0 Å². The van der Waals surface area contributed by atoms with E-state index in [-0.39, 0.29) is 55.5 Å². The molecule has 1 saturated heterocycles. The largest absolute Gasteiger partial charge is 0.378 e. The van der Waals surface area contributed by atoms with Crippen LogP contribution in [0, 0.1) is 5.92 Å². The molecule has 16 heteroatoms. The summed E-state index contributed by atoms with van der Waals surface area (Å²) in [6, 6.07) is 3.50. The number of aliphatic hydroxyl groups excluding tert-OH is 1. The molecule has 1 aromatic carbocycles. The molecular weight excluding hydrogens is 648 g/mol. The SMILES string of the molecule is CC(C)[C@H](NC(=O)CCCCCN1C(=O)C=CC1=O)C(=O)N[C@@H](CCCNC(N)=O)C(=O)Nc1ccc(C(O)C(=O)N2CCN(C)CC2)cc1. The summed E-state index contributed by atoms with van der Waals surface area (Å²) >= 11 is 0. The number of carbonyl (C=O) groups excluding carboxylic acids is 7. The van der Waals surface area contributed by atoms with Gasteiger partial charge in [-0.15, -0.1) is 0 Å². The van der Waals surface area contributed by atoms with E-state index in [1.54, 1.807) is 43.0 Å². The first-order valence-corrected chi connectivity index (χ1v) is 17.0. The summed E-state index contributed by atoms with van der Waals surface area (Å²) in [6.45, 7) is 6.45. The number of hydrogen-bond acceptors (Lipinski definition) is 9. The van der Waals surface area contributed by atoms with Crippen molar-refractivity contribution in [1.82, 2.24) is 30.7 Å². The molecule has 274 valence electrons. The molecule has 7 N–H and O–H groups in total. The first kappa shape index (κ1) is 39.6. The van der Waals surface area contributed by atoms with Crippen molar-refractivity contribution in [3.63, 3.8) is 0 Å². The van der Waals surface area contributed by atoms with Crippen molar-refractivity contribution in [3.05, 3.63) is 42.0 Å². The molecular formula is C34H50N8O8. The van der Waals surface area contributed by atoms with Crippen LogP contribution in [0.5, 0.6) is 0 Å². The summed E-state index contributed by atoms with van der Waals surface area (Å²) < 4.78 is 0. The summed E-state index contributed by atoms with van der Waals surface area (Å²) in [7, 11) is 1.97. The second kappa shape index (κ2) is 19.4. The molecule has 16 nitrogen and oxygen atoms in total. The number of likely N-dealkylation sites (N-methyl/N-ethyl adjacent to an activating group) is 1. The molecule has 0 radical (unpaired) electrons. The fraction of sp³-hybridized carbons (Fsp3) is 0.559. The van der Waals surface area contributed by atoms with Gasteiger partial charge in [-0.2, -0.15) is 0 Å². The Morgan fingerprint density at radius 3 is 2.10 bits per heavy atom. The lowest BCUT2D eigenvalue weighted by molar-refractivity contribution is -0.142. The summed E-state index contributed by atoms with van der Waals surface area (Å²) in [6.07, 6.45) is 3.31. The molecule has 3 rings (SSSR count). The van der Waals surface area contributed by atoms with E-state index in [4.69, 9.17) is 5.73 Å². The molecule has 0 saturated carbocycles. The van der Waals surface area contributed by atoms with Crippen molar-refractivity contribution in [2.75, 3.05) is 51.6 Å². The molecule has 2 aliphatic rings. The Kier molecular flexibility index (Phi) is 15.4. The Bertz CT molecular complexity index is 1390. The molecule has 8 amide bonds. The van der Waals surface area contributed by atoms with Gasteiger partial charge in [0.25, 0.3) is 17.7 Å². The number of rotatable bonds is 18. The van der Waals surface area contributed by atoms with Crippen molar-refractivity contribution < 1.29 is 38.7 Å². The monoisotopic (exact) mass is 698 g/mol. The van der Waals surface area contributed by atoms with E-state index in [9.17, 15) is 38.7 Å². The van der Waals surface area contributed by atoms with Crippen LogP contribution in [0.3, 0.4) is 0 Å². The lowest BCUT2D eigenvalue weighted by Gasteiger charge is -2.33. The summed E-state index contributed by atoms with van der Waals surface area (Å²) in [5.41, 5.74) is 5.89. The number of aliphatic hydroxyl groups is 1. The summed E-state index contributed by atoms with van der Waals surface area (Å²) in [5.74, 6) is -2.86. The van der Waals surface area contributed by atoms with Gasteiger partial charge in [-0.05, 0) is 56.3 Å². The molecule has 1 unspecified atom stereocenters. The average Bonchev–Trinajstić information content (AvgIpc) is 3.40. The predicted octanol–water partition coefficient (Wildman–Crippen LogP) is -0.00800. The maximum atomic E-state index is 13.4. The third kappa shape index (κ3) is 12.2. The third-order valence-electron chi connectivity index (χ3n) is 8.60. The number of piperazine rings is 1. The zero-order chi connectivity index (χ0) is 36.8. The van der Waals surface area contributed by atoms with Crippen LogP contribution in [0.4, 0.5) is 10.5 Å². The van der Waals surface area contributed by atoms with Crippen LogP contribution >= 0.6 is 0 Å². The quantitative estimate of drug-likeness (QED) is 0.0895. The van der Waals surface area contributed by atoms with Gasteiger partial charge >= 0.3 is 6.03 Å². The van der Waals surface area contributed by atoms with Crippen LogP contribution in [0.1, 0.15) is 64.0 Å². The number of hydrogen-bond donors (Lipinski definition) is 6. The number of amides is 8. The number of benzene rings is 1. The number of anilines is 1. The minimum Gasteiger partial charge on any atom is -0.378 e. The van der Waals surface area contributed by atoms with Gasteiger partial charge in [-0.3, -0.25) is 33.7 Å². The molecule has 0 spiro atoms. The second-order valence-corrected chi connectivity index (χ2v) is 12.9. The van der Waals surface area contributed by atoms with Crippen LogP contribution in [0.2, 0.25) is 0 Å². The molecule has 2 aliphatic heterocycles. The number of nitrogens with one attached hydrogen (secondary N) is 4. The third-order valence-corrected chi connectivity index (χ3v) is 8.60. The normalized spacial score (nSPS) is 16.6. The number of primary amides is 1. The van der Waals surface area contributed by atoms with Gasteiger partial charge in [0.05, 0.1) is 0 Å². The zero-order valence-corrected chi connectivity index (χ0v) is 29.0. The molecule has 0 bridgehead atoms. The average molecular weight is 699 g/mol. The number of urea groups is 1. The van der Waals surface area contributed by atoms with E-state index in [0.717, 1.165) is 18.0 Å². The van der Waals surface area contributed by atoms with Crippen LogP contribution in [0.15, 0.2) is 36.4 Å². The molecule has 1 fully saturated rings. The number of nitrogens with two attached hydrogens (primary N) is 1. The minimum absolute atomic E-state index is 0.130. The predicted molar refractivity (Wildman–Crippen MR) is 184 cm³/mol. The smallest absolute Gasteiger partial charge is 0.312 e. The van der Waals surface area contributed by atoms with E-state index >= 15 is 0 Å². The number of nitrogens with zero attached hydrogens (tertiary/aromatic N) is 3. The highest BCUT2D eigenvalue weighted by Crippen LogP contribution is 2.20. The van der Waals surface area contributed by atoms with Gasteiger partial charge < -0.3 is 41.9 Å². The Morgan fingerprint density at radius 1 is 0.860 bits per heavy atom. The van der Waals surface area contributed by atoms with Crippen molar-refractivity contribution in [3.8, 4) is 0 Å². The Morgan fingerprint density at radius 2 is 1.50 bits per heavy atom. The van der Waals surface area contributed by atoms with Gasteiger partial charge in [0.1, 0.15) is 12.1 Å². The highest BCUT2D eigenvalue weighted by molar-refractivity contribution is 6.12. The molecule has 3 atom stereocenters. The zero-order valence-electron chi connectivity index (χ0n) is 29.0. The highest BCUT2D eigenvalue weighted by Gasteiger charge is 2.30. The molecule has 1 aromatic rings. The lowest BCUT2D eigenvalue weighted by atomic mass is 10.0. The van der Waals surface area contributed by atoms with Crippen molar-refractivity contribution in [2.45, 2.75) is 70.6 Å². The van der Waals surface area contributed by atoms with Gasteiger partial charge in [0, 0.05) is 63.5 Å². The maximum absolute atomic E-state index is 13.4. The van der Waals surface area contributed by atoms with Crippen LogP contribution in [-0.2, 0) is 28.8 Å². The molecule has 0 aliphatic carbocycles.